The average molecular weight is 471 g/mol. The Morgan fingerprint density at radius 1 is 0.871 bits per heavy atom. The number of rotatable bonds is 4. The molecule has 6 nitrogen and oxygen atoms in total. The van der Waals surface area contributed by atoms with E-state index in [9.17, 15) is 14.4 Å². The first kappa shape index (κ1) is 20.2. The Bertz CT molecular complexity index is 1270. The van der Waals surface area contributed by atoms with Crippen LogP contribution in [0.5, 0.6) is 0 Å². The highest BCUT2D eigenvalue weighted by Crippen LogP contribution is 2.39. The molecule has 0 N–H and O–H groups in total. The van der Waals surface area contributed by atoms with E-state index in [1.807, 2.05) is 41.8 Å². The Morgan fingerprint density at radius 3 is 2.42 bits per heavy atom. The van der Waals surface area contributed by atoms with Gasteiger partial charge in [-0.15, -0.1) is 34.0 Å². The summed E-state index contributed by atoms with van der Waals surface area (Å²) in [5, 5.41) is 3.01. The van der Waals surface area contributed by atoms with Gasteiger partial charge in [0, 0.05) is 41.0 Å². The number of nitrogens with zero attached hydrogens (tertiary/aromatic N) is 2. The average Bonchev–Trinajstić information content (AvgIpc) is 3.53. The topological polar surface area (TPSA) is 66.9 Å². The molecule has 0 atom stereocenters. The number of thiophene rings is 3. The van der Waals surface area contributed by atoms with Crippen LogP contribution in [0.15, 0.2) is 47.8 Å². The van der Waals surface area contributed by atoms with Gasteiger partial charge in [0.1, 0.15) is 4.88 Å². The smallest absolute Gasteiger partial charge is 0.348 e. The van der Waals surface area contributed by atoms with Gasteiger partial charge in [0.2, 0.25) is 0 Å². The summed E-state index contributed by atoms with van der Waals surface area (Å²) in [7, 11) is 0. The van der Waals surface area contributed by atoms with E-state index in [0.717, 1.165) is 14.8 Å². The van der Waals surface area contributed by atoms with E-state index < -0.39 is 5.97 Å². The Kier molecular flexibility index (Phi) is 5.47. The van der Waals surface area contributed by atoms with Crippen LogP contribution in [-0.4, -0.2) is 60.4 Å². The molecule has 0 spiro atoms. The molecule has 5 rings (SSSR count). The lowest BCUT2D eigenvalue weighted by Gasteiger charge is -2.34. The number of ether oxygens (including phenoxy) is 1. The lowest BCUT2D eigenvalue weighted by Crippen LogP contribution is -2.51. The molecule has 0 bridgehead atoms. The summed E-state index contributed by atoms with van der Waals surface area (Å²) in [6, 6.07) is 13.6. The van der Waals surface area contributed by atoms with Gasteiger partial charge in [0.15, 0.2) is 6.61 Å². The van der Waals surface area contributed by atoms with Crippen LogP contribution in [0.3, 0.4) is 0 Å². The minimum atomic E-state index is -0.475. The molecule has 0 radical (unpaired) electrons. The highest BCUT2D eigenvalue weighted by Gasteiger charge is 2.26. The first-order valence-corrected chi connectivity index (χ1v) is 12.3. The number of carbonyl (C=O) groups is 3. The molecule has 158 valence electrons. The summed E-state index contributed by atoms with van der Waals surface area (Å²) in [4.78, 5) is 42.0. The second-order valence-electron chi connectivity index (χ2n) is 7.13. The van der Waals surface area contributed by atoms with Crippen LogP contribution in [-0.2, 0) is 9.53 Å². The van der Waals surface area contributed by atoms with Crippen molar-refractivity contribution in [1.29, 1.82) is 0 Å². The fraction of sp³-hybridized carbons (Fsp3) is 0.227. The predicted octanol–water partition coefficient (Wildman–Crippen LogP) is 4.32. The van der Waals surface area contributed by atoms with Gasteiger partial charge >= 0.3 is 5.97 Å². The molecule has 2 amide bonds. The molecule has 9 heteroatoms. The number of hydrogen-bond acceptors (Lipinski definition) is 7. The van der Waals surface area contributed by atoms with E-state index in [2.05, 4.69) is 6.07 Å². The van der Waals surface area contributed by atoms with E-state index >= 15 is 0 Å². The summed E-state index contributed by atoms with van der Waals surface area (Å²) < 4.78 is 8.61. The van der Waals surface area contributed by atoms with E-state index in [1.165, 1.54) is 27.4 Å². The van der Waals surface area contributed by atoms with Gasteiger partial charge in [-0.05, 0) is 23.6 Å². The van der Waals surface area contributed by atoms with Crippen molar-refractivity contribution < 1.29 is 19.1 Å². The predicted molar refractivity (Wildman–Crippen MR) is 124 cm³/mol. The largest absolute Gasteiger partial charge is 0.451 e. The Morgan fingerprint density at radius 2 is 1.65 bits per heavy atom. The molecule has 1 aromatic carbocycles. The lowest BCUT2D eigenvalue weighted by molar-refractivity contribution is -0.136. The molecule has 0 aliphatic carbocycles. The van der Waals surface area contributed by atoms with Crippen LogP contribution < -0.4 is 0 Å². The third kappa shape index (κ3) is 3.96. The van der Waals surface area contributed by atoms with Gasteiger partial charge in [-0.3, -0.25) is 9.59 Å². The van der Waals surface area contributed by atoms with E-state index in [1.54, 1.807) is 21.1 Å². The Hall–Kier alpha value is -2.75. The summed E-state index contributed by atoms with van der Waals surface area (Å²) >= 11 is 4.46. The van der Waals surface area contributed by atoms with Crippen LogP contribution in [0.2, 0.25) is 0 Å². The van der Waals surface area contributed by atoms with E-state index in [4.69, 9.17) is 4.74 Å². The van der Waals surface area contributed by atoms with Crippen molar-refractivity contribution in [1.82, 2.24) is 9.80 Å². The highest BCUT2D eigenvalue weighted by molar-refractivity contribution is 7.33. The van der Waals surface area contributed by atoms with Crippen LogP contribution >= 0.6 is 34.0 Å². The van der Waals surface area contributed by atoms with Crippen molar-refractivity contribution in [3.63, 3.8) is 0 Å². The third-order valence-corrected chi connectivity index (χ3v) is 8.48. The van der Waals surface area contributed by atoms with Crippen LogP contribution in [0, 0.1) is 0 Å². The van der Waals surface area contributed by atoms with Gasteiger partial charge in [-0.25, -0.2) is 4.79 Å². The standard InChI is InChI=1S/C22H18N2O4S3/c25-19(23-7-9-24(10-8-23)21(26)16-6-3-11-29-16)13-28-22(27)18-12-17-20(31-18)14-4-1-2-5-15(14)30-17/h1-6,11-12H,7-10,13H2. The Labute approximate surface area is 190 Å². The summed E-state index contributed by atoms with van der Waals surface area (Å²) in [5.74, 6) is -0.712. The van der Waals surface area contributed by atoms with Crippen LogP contribution in [0.25, 0.3) is 19.5 Å². The minimum Gasteiger partial charge on any atom is -0.451 e. The zero-order valence-corrected chi connectivity index (χ0v) is 18.9. The summed E-state index contributed by atoms with van der Waals surface area (Å²) in [5.41, 5.74) is 0. The van der Waals surface area contributed by atoms with Gasteiger partial charge in [0.25, 0.3) is 11.8 Å². The molecule has 0 saturated carbocycles. The van der Waals surface area contributed by atoms with Crippen molar-refractivity contribution in [2.75, 3.05) is 32.8 Å². The van der Waals surface area contributed by atoms with Crippen molar-refractivity contribution in [2.45, 2.75) is 0 Å². The summed E-state index contributed by atoms with van der Waals surface area (Å²) in [6.45, 7) is 1.54. The molecule has 4 aromatic rings. The maximum Gasteiger partial charge on any atom is 0.348 e. The number of carbonyl (C=O) groups excluding carboxylic acids is 3. The quantitative estimate of drug-likeness (QED) is 0.417. The van der Waals surface area contributed by atoms with Gasteiger partial charge < -0.3 is 14.5 Å². The number of piperazine rings is 1. The molecular weight excluding hydrogens is 452 g/mol. The maximum absolute atomic E-state index is 12.5. The molecule has 31 heavy (non-hydrogen) atoms. The number of hydrogen-bond donors (Lipinski definition) is 0. The molecule has 1 aliphatic heterocycles. The number of benzene rings is 1. The monoisotopic (exact) mass is 470 g/mol. The van der Waals surface area contributed by atoms with Gasteiger partial charge in [-0.2, -0.15) is 0 Å². The second-order valence-corrected chi connectivity index (χ2v) is 10.2. The molecule has 0 unspecified atom stereocenters. The zero-order chi connectivity index (χ0) is 21.4. The zero-order valence-electron chi connectivity index (χ0n) is 16.4. The molecule has 1 fully saturated rings. The molecule has 1 aliphatic rings. The van der Waals surface area contributed by atoms with Gasteiger partial charge in [-0.1, -0.05) is 24.3 Å². The second kappa shape index (κ2) is 8.41. The molecule has 1 saturated heterocycles. The van der Waals surface area contributed by atoms with Crippen LogP contribution in [0.1, 0.15) is 19.3 Å². The SMILES string of the molecule is O=C(OCC(=O)N1CCN(C(=O)c2cccs2)CC1)c1cc2sc3ccccc3c2s1. The van der Waals surface area contributed by atoms with Gasteiger partial charge in [0.05, 0.1) is 9.58 Å². The van der Waals surface area contributed by atoms with Crippen LogP contribution in [0.4, 0.5) is 0 Å². The lowest BCUT2D eigenvalue weighted by atomic mass is 10.2. The normalized spacial score (nSPS) is 14.3. The van der Waals surface area contributed by atoms with Crippen molar-refractivity contribution in [3.8, 4) is 0 Å². The van der Waals surface area contributed by atoms with E-state index in [-0.39, 0.29) is 18.4 Å². The number of amides is 2. The van der Waals surface area contributed by atoms with E-state index in [0.29, 0.717) is 35.9 Å². The first-order valence-electron chi connectivity index (χ1n) is 9.79. The Balaban J connectivity index is 1.16. The molecule has 4 heterocycles. The van der Waals surface area contributed by atoms with Crippen molar-refractivity contribution in [3.05, 3.63) is 57.6 Å². The number of esters is 1. The van der Waals surface area contributed by atoms with Crippen molar-refractivity contribution in [2.24, 2.45) is 0 Å². The minimum absolute atomic E-state index is 0.00119. The summed E-state index contributed by atoms with van der Waals surface area (Å²) in [6.07, 6.45) is 0. The number of fused-ring (bicyclic) bond motifs is 3. The molecular formula is C22H18N2O4S3. The highest BCUT2D eigenvalue weighted by atomic mass is 32.1. The van der Waals surface area contributed by atoms with Crippen molar-refractivity contribution >= 4 is 71.3 Å². The fourth-order valence-corrected chi connectivity index (χ4v) is 6.71. The molecule has 3 aromatic heterocycles. The fourth-order valence-electron chi connectivity index (χ4n) is 3.60. The first-order chi connectivity index (χ1) is 15.1. The third-order valence-electron chi connectivity index (χ3n) is 5.23. The maximum atomic E-state index is 12.5.